The van der Waals surface area contributed by atoms with Gasteiger partial charge >= 0.3 is 0 Å². The number of rotatable bonds is 6. The van der Waals surface area contributed by atoms with Gasteiger partial charge in [-0.1, -0.05) is 24.3 Å². The molecule has 29 heavy (non-hydrogen) atoms. The highest BCUT2D eigenvalue weighted by atomic mass is 32.1. The number of hydrogen-bond donors (Lipinski definition) is 2. The first-order valence-corrected chi connectivity index (χ1v) is 10.7. The molecule has 0 radical (unpaired) electrons. The quantitative estimate of drug-likeness (QED) is 0.657. The summed E-state index contributed by atoms with van der Waals surface area (Å²) < 4.78 is 0. The third-order valence-corrected chi connectivity index (χ3v) is 6.23. The minimum Gasteiger partial charge on any atom is -0.356 e. The third-order valence-electron chi connectivity index (χ3n) is 5.54. The number of carbonyl (C=O) groups excluding carboxylic acids is 2. The molecule has 3 aromatic rings. The smallest absolute Gasteiger partial charge is 0.271 e. The third kappa shape index (κ3) is 3.96. The number of amides is 2. The minimum absolute atomic E-state index is 0.0156. The van der Waals surface area contributed by atoms with Crippen LogP contribution in [0.2, 0.25) is 0 Å². The minimum atomic E-state index is -0.615. The number of hydrogen-bond acceptors (Lipinski definition) is 4. The molecule has 1 aromatic carbocycles. The Kier molecular flexibility index (Phi) is 5.49. The molecule has 1 fully saturated rings. The molecule has 1 unspecified atom stereocenters. The van der Waals surface area contributed by atoms with E-state index >= 15 is 0 Å². The van der Waals surface area contributed by atoms with Gasteiger partial charge in [0.05, 0.1) is 5.41 Å². The average molecular weight is 409 g/mol. The van der Waals surface area contributed by atoms with Crippen molar-refractivity contribution in [3.63, 3.8) is 0 Å². The van der Waals surface area contributed by atoms with E-state index in [1.54, 1.807) is 28.5 Å². The first-order valence-electron chi connectivity index (χ1n) is 9.80. The second-order valence-electron chi connectivity index (χ2n) is 7.47. The molecule has 0 spiro atoms. The fourth-order valence-electron chi connectivity index (χ4n) is 3.98. The van der Waals surface area contributed by atoms with E-state index < -0.39 is 5.41 Å². The molecule has 3 heterocycles. The number of nitrogens with zero attached hydrogens (tertiary/aromatic N) is 2. The van der Waals surface area contributed by atoms with Gasteiger partial charge in [0.2, 0.25) is 5.91 Å². The van der Waals surface area contributed by atoms with Crippen molar-refractivity contribution in [1.29, 1.82) is 0 Å². The molecule has 0 saturated carbocycles. The number of nitrogens with one attached hydrogen (secondary N) is 2. The average Bonchev–Trinajstić information content (AvgIpc) is 3.50. The van der Waals surface area contributed by atoms with Crippen LogP contribution < -0.4 is 5.32 Å². The number of carbonyl (C=O) groups is 2. The van der Waals surface area contributed by atoms with E-state index in [9.17, 15) is 9.59 Å². The summed E-state index contributed by atoms with van der Waals surface area (Å²) in [5.41, 5.74) is 3.32. The summed E-state index contributed by atoms with van der Waals surface area (Å²) in [6.45, 7) is 3.46. The second kappa shape index (κ2) is 8.21. The molecule has 2 aromatic heterocycles. The monoisotopic (exact) mass is 408 g/mol. The van der Waals surface area contributed by atoms with E-state index in [4.69, 9.17) is 0 Å². The van der Waals surface area contributed by atoms with Crippen LogP contribution in [0.1, 0.15) is 29.4 Å². The van der Waals surface area contributed by atoms with Crippen LogP contribution >= 0.6 is 11.3 Å². The van der Waals surface area contributed by atoms with Crippen molar-refractivity contribution >= 4 is 23.2 Å². The Labute approximate surface area is 173 Å². The van der Waals surface area contributed by atoms with Crippen LogP contribution in [-0.4, -0.2) is 46.5 Å². The number of aromatic amines is 1. The standard InChI is InChI=1S/C22H24N4O2S/c1-2-23-21(28)22(9-11-26(15-22)20(27)19-7-10-24-25-19)13-16-3-5-17(6-4-16)18-8-12-29-14-18/h3-8,10,12,14H,2,9,11,13,15H2,1H3,(H,23,28)(H,24,25). The number of H-pyrrole nitrogens is 1. The van der Waals surface area contributed by atoms with Crippen molar-refractivity contribution < 1.29 is 9.59 Å². The van der Waals surface area contributed by atoms with E-state index in [2.05, 4.69) is 56.6 Å². The Bertz CT molecular complexity index is 967. The van der Waals surface area contributed by atoms with Crippen LogP contribution in [0.25, 0.3) is 11.1 Å². The van der Waals surface area contributed by atoms with Crippen molar-refractivity contribution in [2.45, 2.75) is 19.8 Å². The van der Waals surface area contributed by atoms with Gasteiger partial charge in [0.1, 0.15) is 5.69 Å². The van der Waals surface area contributed by atoms with Gasteiger partial charge in [-0.05, 0) is 59.3 Å². The maximum Gasteiger partial charge on any atom is 0.271 e. The number of benzene rings is 1. The van der Waals surface area contributed by atoms with Gasteiger partial charge in [0.15, 0.2) is 0 Å². The van der Waals surface area contributed by atoms with Crippen molar-refractivity contribution in [2.75, 3.05) is 19.6 Å². The zero-order chi connectivity index (χ0) is 20.3. The predicted molar refractivity (Wildman–Crippen MR) is 114 cm³/mol. The lowest BCUT2D eigenvalue weighted by atomic mass is 9.79. The first kappa shape index (κ1) is 19.4. The Balaban J connectivity index is 1.54. The molecule has 2 amide bonds. The fourth-order valence-corrected chi connectivity index (χ4v) is 4.65. The Morgan fingerprint density at radius 3 is 2.69 bits per heavy atom. The molecule has 1 atom stereocenters. The topological polar surface area (TPSA) is 78.1 Å². The van der Waals surface area contributed by atoms with E-state index in [-0.39, 0.29) is 11.8 Å². The van der Waals surface area contributed by atoms with Gasteiger partial charge in [-0.15, -0.1) is 0 Å². The highest BCUT2D eigenvalue weighted by Gasteiger charge is 2.46. The lowest BCUT2D eigenvalue weighted by Crippen LogP contribution is -2.45. The Morgan fingerprint density at radius 1 is 1.21 bits per heavy atom. The van der Waals surface area contributed by atoms with Crippen LogP contribution in [0.5, 0.6) is 0 Å². The maximum atomic E-state index is 13.0. The van der Waals surface area contributed by atoms with Crippen LogP contribution in [0, 0.1) is 5.41 Å². The number of thiophene rings is 1. The summed E-state index contributed by atoms with van der Waals surface area (Å²) >= 11 is 1.68. The van der Waals surface area contributed by atoms with Gasteiger partial charge in [-0.2, -0.15) is 16.4 Å². The molecular formula is C22H24N4O2S. The van der Waals surface area contributed by atoms with Crippen molar-refractivity contribution in [3.8, 4) is 11.1 Å². The summed E-state index contributed by atoms with van der Waals surface area (Å²) in [6.07, 6.45) is 2.82. The van der Waals surface area contributed by atoms with E-state index in [1.807, 2.05) is 6.92 Å². The SMILES string of the molecule is CCNC(=O)C1(Cc2ccc(-c3ccsc3)cc2)CCN(C(=O)c2ccn[nH]2)C1. The molecule has 1 saturated heterocycles. The molecular weight excluding hydrogens is 384 g/mol. The molecule has 0 aliphatic carbocycles. The highest BCUT2D eigenvalue weighted by Crippen LogP contribution is 2.36. The normalized spacial score (nSPS) is 18.7. The summed E-state index contributed by atoms with van der Waals surface area (Å²) in [4.78, 5) is 27.5. The number of aromatic nitrogens is 2. The van der Waals surface area contributed by atoms with Crippen LogP contribution in [0.3, 0.4) is 0 Å². The van der Waals surface area contributed by atoms with Crippen LogP contribution in [0.4, 0.5) is 0 Å². The summed E-state index contributed by atoms with van der Waals surface area (Å²) in [5.74, 6) is -0.0942. The Hall–Kier alpha value is -2.93. The fraction of sp³-hybridized carbons (Fsp3) is 0.318. The largest absolute Gasteiger partial charge is 0.356 e. The van der Waals surface area contributed by atoms with Crippen molar-refractivity contribution in [2.24, 2.45) is 5.41 Å². The van der Waals surface area contributed by atoms with Crippen LogP contribution in [0.15, 0.2) is 53.4 Å². The van der Waals surface area contributed by atoms with Gasteiger partial charge in [-0.25, -0.2) is 0 Å². The summed E-state index contributed by atoms with van der Waals surface area (Å²) in [5, 5.41) is 13.8. The van der Waals surface area contributed by atoms with Crippen LogP contribution in [-0.2, 0) is 11.2 Å². The lowest BCUT2D eigenvalue weighted by molar-refractivity contribution is -0.130. The van der Waals surface area contributed by atoms with Gasteiger partial charge in [0.25, 0.3) is 5.91 Å². The van der Waals surface area contributed by atoms with Gasteiger partial charge in [-0.3, -0.25) is 14.7 Å². The van der Waals surface area contributed by atoms with Crippen molar-refractivity contribution in [1.82, 2.24) is 20.4 Å². The molecule has 0 bridgehead atoms. The highest BCUT2D eigenvalue weighted by molar-refractivity contribution is 7.08. The zero-order valence-electron chi connectivity index (χ0n) is 16.4. The number of likely N-dealkylation sites (tertiary alicyclic amines) is 1. The van der Waals surface area contributed by atoms with Gasteiger partial charge in [0, 0.05) is 25.8 Å². The van der Waals surface area contributed by atoms with E-state index in [0.717, 1.165) is 5.56 Å². The predicted octanol–water partition coefficient (Wildman–Crippen LogP) is 3.35. The Morgan fingerprint density at radius 2 is 2.03 bits per heavy atom. The molecule has 1 aliphatic heterocycles. The molecule has 4 rings (SSSR count). The van der Waals surface area contributed by atoms with Gasteiger partial charge < -0.3 is 10.2 Å². The lowest BCUT2D eigenvalue weighted by Gasteiger charge is -2.28. The molecule has 6 nitrogen and oxygen atoms in total. The first-order chi connectivity index (χ1) is 14.1. The molecule has 7 heteroatoms. The maximum absolute atomic E-state index is 13.0. The van der Waals surface area contributed by atoms with E-state index in [1.165, 1.54) is 11.1 Å². The molecule has 150 valence electrons. The summed E-state index contributed by atoms with van der Waals surface area (Å²) in [6, 6.07) is 12.2. The molecule has 2 N–H and O–H groups in total. The second-order valence-corrected chi connectivity index (χ2v) is 8.25. The van der Waals surface area contributed by atoms with Crippen molar-refractivity contribution in [3.05, 3.63) is 64.6 Å². The molecule has 1 aliphatic rings. The van der Waals surface area contributed by atoms with E-state index in [0.29, 0.717) is 38.2 Å². The zero-order valence-corrected chi connectivity index (χ0v) is 17.2. The summed E-state index contributed by atoms with van der Waals surface area (Å²) in [7, 11) is 0.